The number of anilines is 1. The Morgan fingerprint density at radius 2 is 2.38 bits per heavy atom. The lowest BCUT2D eigenvalue weighted by molar-refractivity contribution is 0.191. The Bertz CT molecular complexity index is 395. The largest absolute Gasteiger partial charge is 0.465 e. The Labute approximate surface area is 97.3 Å². The molecule has 1 saturated heterocycles. The molecular formula is C9H11ClN4O2. The van der Waals surface area contributed by atoms with Gasteiger partial charge in [-0.15, -0.1) is 0 Å². The third-order valence-electron chi connectivity index (χ3n) is 2.44. The number of carboxylic acid groups (broad SMARTS) is 1. The fourth-order valence-corrected chi connectivity index (χ4v) is 1.76. The Hall–Kier alpha value is -1.56. The first-order chi connectivity index (χ1) is 7.65. The summed E-state index contributed by atoms with van der Waals surface area (Å²) in [6.45, 7) is 2.05. The number of hydrogen-bond acceptors (Lipinski definition) is 4. The van der Waals surface area contributed by atoms with Crippen molar-refractivity contribution >= 4 is 23.5 Å². The summed E-state index contributed by atoms with van der Waals surface area (Å²) in [5, 5.41) is 11.2. The molecule has 7 heteroatoms. The summed E-state index contributed by atoms with van der Waals surface area (Å²) in [6.07, 6.45) is 0.434. The molecular weight excluding hydrogens is 232 g/mol. The quantitative estimate of drug-likeness (QED) is 0.768. The van der Waals surface area contributed by atoms with E-state index in [9.17, 15) is 4.79 Å². The standard InChI is InChI=1S/C9H11ClN4O2/c10-7-1-8(13-5-12-7)14-3-6(4-14)2-11-9(15)16/h1,5-6,11H,2-4H2,(H,15,16). The lowest BCUT2D eigenvalue weighted by Crippen LogP contribution is -2.51. The van der Waals surface area contributed by atoms with Crippen LogP contribution in [0.2, 0.25) is 5.15 Å². The van der Waals surface area contributed by atoms with Gasteiger partial charge >= 0.3 is 6.09 Å². The molecule has 16 heavy (non-hydrogen) atoms. The third-order valence-corrected chi connectivity index (χ3v) is 2.65. The molecule has 2 rings (SSSR count). The molecule has 1 aromatic heterocycles. The van der Waals surface area contributed by atoms with Crippen molar-refractivity contribution in [3.05, 3.63) is 17.5 Å². The van der Waals surface area contributed by atoms with Crippen LogP contribution in [0.3, 0.4) is 0 Å². The lowest BCUT2D eigenvalue weighted by Gasteiger charge is -2.39. The number of rotatable bonds is 3. The van der Waals surface area contributed by atoms with E-state index in [1.807, 2.05) is 4.90 Å². The van der Waals surface area contributed by atoms with Crippen molar-refractivity contribution in [1.82, 2.24) is 15.3 Å². The van der Waals surface area contributed by atoms with Gasteiger partial charge in [0.15, 0.2) is 0 Å². The lowest BCUT2D eigenvalue weighted by atomic mass is 10.0. The normalized spacial score (nSPS) is 15.7. The maximum Gasteiger partial charge on any atom is 0.404 e. The number of halogens is 1. The second kappa shape index (κ2) is 4.52. The predicted molar refractivity (Wildman–Crippen MR) is 58.8 cm³/mol. The Morgan fingerprint density at radius 3 is 3.00 bits per heavy atom. The Kier molecular flexibility index (Phi) is 3.09. The zero-order valence-corrected chi connectivity index (χ0v) is 9.18. The molecule has 0 spiro atoms. The summed E-state index contributed by atoms with van der Waals surface area (Å²) in [7, 11) is 0. The van der Waals surface area contributed by atoms with Crippen molar-refractivity contribution in [2.45, 2.75) is 0 Å². The summed E-state index contributed by atoms with van der Waals surface area (Å²) >= 11 is 5.74. The van der Waals surface area contributed by atoms with Crippen molar-refractivity contribution < 1.29 is 9.90 Å². The summed E-state index contributed by atoms with van der Waals surface area (Å²) < 4.78 is 0. The number of amides is 1. The molecule has 0 saturated carbocycles. The van der Waals surface area contributed by atoms with Crippen LogP contribution in [0.5, 0.6) is 0 Å². The van der Waals surface area contributed by atoms with Gasteiger partial charge in [-0.2, -0.15) is 0 Å². The molecule has 2 N–H and O–H groups in total. The number of nitrogens with one attached hydrogen (secondary N) is 1. The van der Waals surface area contributed by atoms with Crippen molar-refractivity contribution in [2.24, 2.45) is 5.92 Å². The highest BCUT2D eigenvalue weighted by molar-refractivity contribution is 6.29. The number of carbonyl (C=O) groups is 1. The minimum absolute atomic E-state index is 0.338. The minimum atomic E-state index is -0.983. The fourth-order valence-electron chi connectivity index (χ4n) is 1.61. The van der Waals surface area contributed by atoms with Crippen molar-refractivity contribution in [3.8, 4) is 0 Å². The molecule has 1 fully saturated rings. The molecule has 0 aromatic carbocycles. The van der Waals surface area contributed by atoms with Gasteiger partial charge in [-0.25, -0.2) is 14.8 Å². The van der Waals surface area contributed by atoms with E-state index < -0.39 is 6.09 Å². The highest BCUT2D eigenvalue weighted by Crippen LogP contribution is 2.23. The van der Waals surface area contributed by atoms with Gasteiger partial charge in [0.2, 0.25) is 0 Å². The van der Waals surface area contributed by atoms with Crippen LogP contribution in [-0.2, 0) is 0 Å². The molecule has 0 radical (unpaired) electrons. The van der Waals surface area contributed by atoms with E-state index in [-0.39, 0.29) is 0 Å². The van der Waals surface area contributed by atoms with Crippen LogP contribution in [0.1, 0.15) is 0 Å². The van der Waals surface area contributed by atoms with Gasteiger partial charge in [-0.3, -0.25) is 0 Å². The van der Waals surface area contributed by atoms with Gasteiger partial charge in [-0.1, -0.05) is 11.6 Å². The average molecular weight is 243 g/mol. The second-order valence-corrected chi connectivity index (χ2v) is 4.04. The van der Waals surface area contributed by atoms with Crippen LogP contribution < -0.4 is 10.2 Å². The van der Waals surface area contributed by atoms with Crippen LogP contribution in [0, 0.1) is 5.92 Å². The maximum absolute atomic E-state index is 10.3. The monoisotopic (exact) mass is 242 g/mol. The third kappa shape index (κ3) is 2.52. The van der Waals surface area contributed by atoms with Crippen LogP contribution in [-0.4, -0.2) is 40.8 Å². The number of hydrogen-bond donors (Lipinski definition) is 2. The first-order valence-corrected chi connectivity index (χ1v) is 5.22. The molecule has 1 aliphatic rings. The molecule has 1 aromatic rings. The van der Waals surface area contributed by atoms with E-state index in [4.69, 9.17) is 16.7 Å². The molecule has 86 valence electrons. The van der Waals surface area contributed by atoms with E-state index in [2.05, 4.69) is 15.3 Å². The molecule has 1 amide bonds. The molecule has 1 aliphatic heterocycles. The summed E-state index contributed by atoms with van der Waals surface area (Å²) in [4.78, 5) is 20.2. The van der Waals surface area contributed by atoms with E-state index in [1.54, 1.807) is 6.07 Å². The first kappa shape index (κ1) is 10.9. The smallest absolute Gasteiger partial charge is 0.404 e. The summed E-state index contributed by atoms with van der Waals surface area (Å²) in [5.41, 5.74) is 0. The average Bonchev–Trinajstić information content (AvgIpc) is 2.14. The zero-order valence-electron chi connectivity index (χ0n) is 8.43. The van der Waals surface area contributed by atoms with E-state index >= 15 is 0 Å². The molecule has 0 unspecified atom stereocenters. The topological polar surface area (TPSA) is 78.4 Å². The molecule has 0 bridgehead atoms. The maximum atomic E-state index is 10.3. The van der Waals surface area contributed by atoms with Crippen LogP contribution >= 0.6 is 11.6 Å². The van der Waals surface area contributed by atoms with Gasteiger partial charge < -0.3 is 15.3 Å². The van der Waals surface area contributed by atoms with Gasteiger partial charge in [-0.05, 0) is 0 Å². The van der Waals surface area contributed by atoms with Crippen molar-refractivity contribution in [1.29, 1.82) is 0 Å². The SMILES string of the molecule is O=C(O)NCC1CN(c2cc(Cl)ncn2)C1. The van der Waals surface area contributed by atoms with E-state index in [1.165, 1.54) is 6.33 Å². The number of aromatic nitrogens is 2. The minimum Gasteiger partial charge on any atom is -0.465 e. The van der Waals surface area contributed by atoms with Crippen molar-refractivity contribution in [2.75, 3.05) is 24.5 Å². The van der Waals surface area contributed by atoms with Gasteiger partial charge in [0.05, 0.1) is 0 Å². The van der Waals surface area contributed by atoms with Gasteiger partial charge in [0, 0.05) is 31.6 Å². The highest BCUT2D eigenvalue weighted by Gasteiger charge is 2.27. The van der Waals surface area contributed by atoms with Crippen LogP contribution in [0.25, 0.3) is 0 Å². The summed E-state index contributed by atoms with van der Waals surface area (Å²) in [5.74, 6) is 1.12. The van der Waals surface area contributed by atoms with E-state index in [0.717, 1.165) is 18.9 Å². The van der Waals surface area contributed by atoms with Crippen LogP contribution in [0.4, 0.5) is 10.6 Å². The van der Waals surface area contributed by atoms with E-state index in [0.29, 0.717) is 17.6 Å². The van der Waals surface area contributed by atoms with Gasteiger partial charge in [0.25, 0.3) is 0 Å². The van der Waals surface area contributed by atoms with Gasteiger partial charge in [0.1, 0.15) is 17.3 Å². The zero-order chi connectivity index (χ0) is 11.5. The predicted octanol–water partition coefficient (Wildman–Crippen LogP) is 0.834. The molecule has 2 heterocycles. The molecule has 0 aliphatic carbocycles. The first-order valence-electron chi connectivity index (χ1n) is 4.84. The molecule has 0 atom stereocenters. The second-order valence-electron chi connectivity index (χ2n) is 3.66. The highest BCUT2D eigenvalue weighted by atomic mass is 35.5. The van der Waals surface area contributed by atoms with Crippen molar-refractivity contribution in [3.63, 3.8) is 0 Å². The summed E-state index contributed by atoms with van der Waals surface area (Å²) in [6, 6.07) is 1.70. The molecule has 6 nitrogen and oxygen atoms in total. The Morgan fingerprint density at radius 1 is 1.62 bits per heavy atom. The fraction of sp³-hybridized carbons (Fsp3) is 0.444. The van der Waals surface area contributed by atoms with Crippen LogP contribution in [0.15, 0.2) is 12.4 Å². The number of nitrogens with zero attached hydrogens (tertiary/aromatic N) is 3. The Balaban J connectivity index is 1.82.